The van der Waals surface area contributed by atoms with E-state index < -0.39 is 6.10 Å². The van der Waals surface area contributed by atoms with Crippen molar-refractivity contribution in [1.29, 1.82) is 0 Å². The summed E-state index contributed by atoms with van der Waals surface area (Å²) in [5.74, 6) is -0.881. The zero-order valence-electron chi connectivity index (χ0n) is 47.7. The van der Waals surface area contributed by atoms with E-state index in [0.29, 0.717) is 19.3 Å². The highest BCUT2D eigenvalue weighted by atomic mass is 16.6. The highest BCUT2D eigenvalue weighted by Gasteiger charge is 2.19. The summed E-state index contributed by atoms with van der Waals surface area (Å²) < 4.78 is 16.9. The first-order valence-electron chi connectivity index (χ1n) is 30.9. The van der Waals surface area contributed by atoms with Crippen molar-refractivity contribution in [2.75, 3.05) is 13.2 Å². The molecule has 6 heteroatoms. The van der Waals surface area contributed by atoms with Crippen molar-refractivity contribution >= 4 is 17.9 Å². The number of hydrogen-bond acceptors (Lipinski definition) is 6. The molecule has 0 bridgehead atoms. The minimum absolute atomic E-state index is 0.0785. The third kappa shape index (κ3) is 57.7. The maximum atomic E-state index is 12.9. The molecule has 0 spiro atoms. The van der Waals surface area contributed by atoms with Gasteiger partial charge in [-0.2, -0.15) is 0 Å². The Bertz CT molecular complexity index is 1340. The molecular weight excluding hydrogens is 889 g/mol. The van der Waals surface area contributed by atoms with Gasteiger partial charge in [0.2, 0.25) is 0 Å². The van der Waals surface area contributed by atoms with E-state index in [-0.39, 0.29) is 31.1 Å². The van der Waals surface area contributed by atoms with Crippen molar-refractivity contribution < 1.29 is 28.6 Å². The van der Waals surface area contributed by atoms with Crippen molar-refractivity contribution in [3.8, 4) is 0 Å². The van der Waals surface area contributed by atoms with E-state index in [4.69, 9.17) is 14.2 Å². The van der Waals surface area contributed by atoms with Gasteiger partial charge in [-0.05, 0) is 83.5 Å². The van der Waals surface area contributed by atoms with Crippen LogP contribution in [0.25, 0.3) is 0 Å². The molecule has 0 radical (unpaired) electrons. The lowest BCUT2D eigenvalue weighted by molar-refractivity contribution is -0.167. The van der Waals surface area contributed by atoms with Crippen LogP contribution in [0.4, 0.5) is 0 Å². The first kappa shape index (κ1) is 68.8. The number of hydrogen-bond donors (Lipinski definition) is 0. The van der Waals surface area contributed by atoms with E-state index in [1.807, 2.05) is 0 Å². The number of carbonyl (C=O) groups excluding carboxylic acids is 3. The van der Waals surface area contributed by atoms with Gasteiger partial charge in [-0.1, -0.05) is 280 Å². The quantitative estimate of drug-likeness (QED) is 0.0261. The Labute approximate surface area is 446 Å². The monoisotopic (exact) mass is 1000 g/mol. The average molecular weight is 1010 g/mol. The van der Waals surface area contributed by atoms with Crippen LogP contribution in [0, 0.1) is 0 Å². The topological polar surface area (TPSA) is 78.9 Å². The summed E-state index contributed by atoms with van der Waals surface area (Å²) in [6.07, 6.45) is 77.7. The van der Waals surface area contributed by atoms with E-state index in [2.05, 4.69) is 93.7 Å². The van der Waals surface area contributed by atoms with Crippen LogP contribution in [0.3, 0.4) is 0 Å². The molecular formula is C66H116O6. The predicted molar refractivity (Wildman–Crippen MR) is 311 cm³/mol. The fraction of sp³-hybridized carbons (Fsp3) is 0.773. The summed E-state index contributed by atoms with van der Waals surface area (Å²) in [7, 11) is 0. The lowest BCUT2D eigenvalue weighted by Crippen LogP contribution is -2.30. The zero-order valence-corrected chi connectivity index (χ0v) is 47.7. The summed E-state index contributed by atoms with van der Waals surface area (Å²) >= 11 is 0. The number of carbonyl (C=O) groups is 3. The van der Waals surface area contributed by atoms with Gasteiger partial charge in [-0.15, -0.1) is 0 Å². The Hall–Kier alpha value is -3.15. The van der Waals surface area contributed by atoms with E-state index in [1.165, 1.54) is 161 Å². The maximum absolute atomic E-state index is 12.9. The van der Waals surface area contributed by atoms with Gasteiger partial charge < -0.3 is 14.2 Å². The fourth-order valence-electron chi connectivity index (χ4n) is 8.83. The summed E-state index contributed by atoms with van der Waals surface area (Å²) in [5.41, 5.74) is 0. The van der Waals surface area contributed by atoms with Crippen LogP contribution in [0.1, 0.15) is 310 Å². The van der Waals surface area contributed by atoms with Crippen LogP contribution in [0.15, 0.2) is 72.9 Å². The Balaban J connectivity index is 4.25. The van der Waals surface area contributed by atoms with Crippen LogP contribution in [-0.4, -0.2) is 37.2 Å². The van der Waals surface area contributed by atoms with Gasteiger partial charge in [0.15, 0.2) is 6.10 Å². The van der Waals surface area contributed by atoms with Crippen LogP contribution in [0.5, 0.6) is 0 Å². The molecule has 6 nitrogen and oxygen atoms in total. The van der Waals surface area contributed by atoms with Gasteiger partial charge in [-0.3, -0.25) is 14.4 Å². The van der Waals surface area contributed by atoms with Gasteiger partial charge in [-0.25, -0.2) is 0 Å². The third-order valence-electron chi connectivity index (χ3n) is 13.4. The largest absolute Gasteiger partial charge is 0.462 e. The van der Waals surface area contributed by atoms with Crippen molar-refractivity contribution in [2.24, 2.45) is 0 Å². The minimum Gasteiger partial charge on any atom is -0.462 e. The molecule has 0 N–H and O–H groups in total. The van der Waals surface area contributed by atoms with Gasteiger partial charge in [0.25, 0.3) is 0 Å². The van der Waals surface area contributed by atoms with E-state index in [9.17, 15) is 14.4 Å². The second-order valence-electron chi connectivity index (χ2n) is 20.6. The molecule has 1 unspecified atom stereocenters. The van der Waals surface area contributed by atoms with Crippen LogP contribution in [0.2, 0.25) is 0 Å². The first-order valence-corrected chi connectivity index (χ1v) is 30.9. The molecule has 0 aliphatic rings. The molecule has 0 amide bonds. The zero-order chi connectivity index (χ0) is 52.2. The molecule has 1 atom stereocenters. The Kier molecular flexibility index (Phi) is 57.8. The van der Waals surface area contributed by atoms with E-state index in [0.717, 1.165) is 109 Å². The van der Waals surface area contributed by atoms with Crippen molar-refractivity contribution in [3.05, 3.63) is 72.9 Å². The van der Waals surface area contributed by atoms with Crippen molar-refractivity contribution in [1.82, 2.24) is 0 Å². The van der Waals surface area contributed by atoms with Crippen LogP contribution in [-0.2, 0) is 28.6 Å². The average Bonchev–Trinajstić information content (AvgIpc) is 3.38. The standard InChI is InChI=1S/C66H116O6/c1-4-7-10-13-16-19-22-24-26-28-30-31-32-33-34-35-37-38-40-42-44-47-50-53-56-59-65(68)71-62-63(61-70-64(67)58-55-52-49-46-21-18-15-12-9-6-3)72-66(69)60-57-54-51-48-45-43-41-39-36-29-27-25-23-20-17-14-11-8-5-2/h7,10,12,15-16,19,24,26,30-31,33-34,63H,4-6,8-9,11,13-14,17-18,20-23,25,27-29,32,35-62H2,1-3H3/b10-7-,15-12-,19-16-,26-24-,31-30-,34-33-. The molecule has 0 heterocycles. The molecule has 0 rings (SSSR count). The molecule has 416 valence electrons. The molecule has 0 aromatic heterocycles. The first-order chi connectivity index (χ1) is 35.5. The second kappa shape index (κ2) is 60.4. The molecule has 0 fully saturated rings. The molecule has 0 aliphatic carbocycles. The van der Waals surface area contributed by atoms with Gasteiger partial charge in [0, 0.05) is 19.3 Å². The second-order valence-corrected chi connectivity index (χ2v) is 20.6. The molecule has 0 aliphatic heterocycles. The molecule has 72 heavy (non-hydrogen) atoms. The highest BCUT2D eigenvalue weighted by molar-refractivity contribution is 5.71. The smallest absolute Gasteiger partial charge is 0.306 e. The van der Waals surface area contributed by atoms with Crippen LogP contribution >= 0.6 is 0 Å². The summed E-state index contributed by atoms with van der Waals surface area (Å²) in [6, 6.07) is 0. The number of rotatable bonds is 56. The number of ether oxygens (including phenoxy) is 3. The van der Waals surface area contributed by atoms with Crippen molar-refractivity contribution in [2.45, 2.75) is 316 Å². The van der Waals surface area contributed by atoms with Gasteiger partial charge in [0.05, 0.1) is 0 Å². The van der Waals surface area contributed by atoms with Gasteiger partial charge >= 0.3 is 17.9 Å². The van der Waals surface area contributed by atoms with Crippen molar-refractivity contribution in [3.63, 3.8) is 0 Å². The maximum Gasteiger partial charge on any atom is 0.306 e. The molecule has 0 aromatic rings. The fourth-order valence-corrected chi connectivity index (χ4v) is 8.83. The molecule has 0 aromatic carbocycles. The summed E-state index contributed by atoms with van der Waals surface area (Å²) in [5, 5.41) is 0. The Morgan fingerprint density at radius 1 is 0.292 bits per heavy atom. The lowest BCUT2D eigenvalue weighted by Gasteiger charge is -2.18. The summed E-state index contributed by atoms with van der Waals surface area (Å²) in [4.78, 5) is 38.2. The Morgan fingerprint density at radius 2 is 0.569 bits per heavy atom. The minimum atomic E-state index is -0.779. The SMILES string of the molecule is CC/C=C\C/C=C\C/C=C\C/C=C\C/C=C\CCCCCCCCCCCC(=O)OCC(COC(=O)CCCCCCC/C=C\CCC)OC(=O)CCCCCCCCCCCCCCCCCCCCC. The van der Waals surface area contributed by atoms with E-state index in [1.54, 1.807) is 0 Å². The lowest BCUT2D eigenvalue weighted by atomic mass is 10.0. The van der Waals surface area contributed by atoms with Gasteiger partial charge in [0.1, 0.15) is 13.2 Å². The summed E-state index contributed by atoms with van der Waals surface area (Å²) in [6.45, 7) is 6.49. The third-order valence-corrected chi connectivity index (χ3v) is 13.4. The molecule has 0 saturated heterocycles. The number of unbranched alkanes of at least 4 members (excludes halogenated alkanes) is 33. The number of allylic oxidation sites excluding steroid dienone is 12. The highest BCUT2D eigenvalue weighted by Crippen LogP contribution is 2.17. The molecule has 0 saturated carbocycles. The predicted octanol–water partition coefficient (Wildman–Crippen LogP) is 20.9. The Morgan fingerprint density at radius 3 is 0.917 bits per heavy atom. The van der Waals surface area contributed by atoms with E-state index >= 15 is 0 Å². The van der Waals surface area contributed by atoms with Crippen LogP contribution < -0.4 is 0 Å². The normalized spacial score (nSPS) is 12.5. The number of esters is 3.